The molecule has 0 saturated heterocycles. The van der Waals surface area contributed by atoms with Gasteiger partial charge in [-0.2, -0.15) is 0 Å². The van der Waals surface area contributed by atoms with E-state index in [1.54, 1.807) is 18.2 Å². The van der Waals surface area contributed by atoms with Gasteiger partial charge in [0.1, 0.15) is 12.1 Å². The Balaban J connectivity index is 2.17. The van der Waals surface area contributed by atoms with Crippen LogP contribution in [0.1, 0.15) is 21.5 Å². The molecule has 0 aliphatic rings. The molecule has 0 spiro atoms. The molecule has 0 saturated carbocycles. The summed E-state index contributed by atoms with van der Waals surface area (Å²) >= 11 is 9.50. The third-order valence-electron chi connectivity index (χ3n) is 3.58. The number of H-pyrrole nitrogens is 1. The highest BCUT2D eigenvalue weighted by Gasteiger charge is 2.20. The van der Waals surface area contributed by atoms with Gasteiger partial charge in [0.15, 0.2) is 11.6 Å². The van der Waals surface area contributed by atoms with Crippen LogP contribution in [0.3, 0.4) is 0 Å². The van der Waals surface area contributed by atoms with Crippen molar-refractivity contribution in [3.8, 4) is 0 Å². The standard InChI is InChI=1S/C16H11BrClFN2O2/c17-9-2-1-8(12(18)4-9)3-11-10(14(23)6-22)5-13-16(15(11)19)21-7-20-13/h1-2,4-5,7,22H,3,6H2,(H,20,21). The fraction of sp³-hybridized carbons (Fsp3) is 0.125. The molecule has 23 heavy (non-hydrogen) atoms. The first-order chi connectivity index (χ1) is 11.0. The minimum absolute atomic E-state index is 0.126. The van der Waals surface area contributed by atoms with Crippen LogP contribution in [0.25, 0.3) is 11.0 Å². The van der Waals surface area contributed by atoms with Crippen LogP contribution in [0.5, 0.6) is 0 Å². The molecule has 7 heteroatoms. The number of aliphatic hydroxyl groups is 1. The van der Waals surface area contributed by atoms with E-state index in [-0.39, 0.29) is 23.1 Å². The van der Waals surface area contributed by atoms with E-state index in [9.17, 15) is 9.18 Å². The van der Waals surface area contributed by atoms with E-state index in [2.05, 4.69) is 25.9 Å². The van der Waals surface area contributed by atoms with Gasteiger partial charge >= 0.3 is 0 Å². The number of nitrogens with zero attached hydrogens (tertiary/aromatic N) is 1. The lowest BCUT2D eigenvalue weighted by molar-refractivity contribution is 0.0902. The number of benzene rings is 2. The quantitative estimate of drug-likeness (QED) is 0.657. The summed E-state index contributed by atoms with van der Waals surface area (Å²) < 4.78 is 15.6. The van der Waals surface area contributed by atoms with Crippen molar-refractivity contribution in [2.75, 3.05) is 6.61 Å². The molecular formula is C16H11BrClFN2O2. The third kappa shape index (κ3) is 3.02. The number of ketones is 1. The van der Waals surface area contributed by atoms with Crippen LogP contribution in [-0.4, -0.2) is 27.5 Å². The Bertz CT molecular complexity index is 910. The molecule has 0 aliphatic carbocycles. The lowest BCUT2D eigenvalue weighted by Gasteiger charge is -2.11. The number of carbonyl (C=O) groups excluding carboxylic acids is 1. The molecule has 4 nitrogen and oxygen atoms in total. The van der Waals surface area contributed by atoms with Crippen LogP contribution >= 0.6 is 27.5 Å². The van der Waals surface area contributed by atoms with Gasteiger partial charge in [-0.05, 0) is 23.8 Å². The molecule has 0 atom stereocenters. The third-order valence-corrected chi connectivity index (χ3v) is 4.43. The van der Waals surface area contributed by atoms with Gasteiger partial charge in [-0.1, -0.05) is 33.6 Å². The normalized spacial score (nSPS) is 11.1. The van der Waals surface area contributed by atoms with Gasteiger partial charge in [0.25, 0.3) is 0 Å². The number of halogens is 3. The molecule has 1 aromatic heterocycles. The van der Waals surface area contributed by atoms with Crippen molar-refractivity contribution in [1.29, 1.82) is 0 Å². The first kappa shape index (κ1) is 16.1. The molecule has 1 heterocycles. The molecule has 3 aromatic rings. The number of fused-ring (bicyclic) bond motifs is 1. The van der Waals surface area contributed by atoms with Gasteiger partial charge in [-0.15, -0.1) is 0 Å². The van der Waals surface area contributed by atoms with Gasteiger partial charge in [-0.25, -0.2) is 9.37 Å². The highest BCUT2D eigenvalue weighted by atomic mass is 79.9. The Labute approximate surface area is 144 Å². The average Bonchev–Trinajstić information content (AvgIpc) is 3.00. The zero-order chi connectivity index (χ0) is 16.6. The molecule has 0 unspecified atom stereocenters. The number of carbonyl (C=O) groups is 1. The van der Waals surface area contributed by atoms with E-state index >= 15 is 0 Å². The summed E-state index contributed by atoms with van der Waals surface area (Å²) in [4.78, 5) is 18.7. The van der Waals surface area contributed by atoms with Crippen molar-refractivity contribution in [2.24, 2.45) is 0 Å². The fourth-order valence-corrected chi connectivity index (χ4v) is 3.18. The minimum Gasteiger partial charge on any atom is -0.388 e. The number of aromatic nitrogens is 2. The van der Waals surface area contributed by atoms with Crippen molar-refractivity contribution < 1.29 is 14.3 Å². The topological polar surface area (TPSA) is 66.0 Å². The molecule has 0 fully saturated rings. The SMILES string of the molecule is O=C(CO)c1cc2[nH]cnc2c(F)c1Cc1ccc(Br)cc1Cl. The summed E-state index contributed by atoms with van der Waals surface area (Å²) in [5.41, 5.74) is 1.54. The second kappa shape index (κ2) is 6.39. The maximum atomic E-state index is 14.8. The maximum Gasteiger partial charge on any atom is 0.188 e. The Hall–Kier alpha value is -1.76. The van der Waals surface area contributed by atoms with Gasteiger partial charge in [-0.3, -0.25) is 4.79 Å². The van der Waals surface area contributed by atoms with Crippen molar-refractivity contribution in [2.45, 2.75) is 6.42 Å². The highest BCUT2D eigenvalue weighted by Crippen LogP contribution is 2.29. The first-order valence-corrected chi connectivity index (χ1v) is 7.90. The number of hydrogen-bond acceptors (Lipinski definition) is 3. The predicted octanol–water partition coefficient (Wildman–Crippen LogP) is 3.88. The second-order valence-electron chi connectivity index (χ2n) is 5.01. The van der Waals surface area contributed by atoms with E-state index in [0.717, 1.165) is 4.47 Å². The Morgan fingerprint density at radius 2 is 2.17 bits per heavy atom. The van der Waals surface area contributed by atoms with Crippen LogP contribution in [0.4, 0.5) is 4.39 Å². The van der Waals surface area contributed by atoms with Crippen LogP contribution in [0.2, 0.25) is 5.02 Å². The Morgan fingerprint density at radius 1 is 1.39 bits per heavy atom. The highest BCUT2D eigenvalue weighted by molar-refractivity contribution is 9.10. The number of rotatable bonds is 4. The van der Waals surface area contributed by atoms with E-state index in [0.29, 0.717) is 16.1 Å². The molecule has 0 amide bonds. The number of hydrogen-bond donors (Lipinski definition) is 2. The van der Waals surface area contributed by atoms with Crippen molar-refractivity contribution in [1.82, 2.24) is 9.97 Å². The molecule has 0 aliphatic heterocycles. The molecule has 2 aromatic carbocycles. The number of nitrogens with one attached hydrogen (secondary N) is 1. The van der Waals surface area contributed by atoms with Crippen LogP contribution in [0, 0.1) is 5.82 Å². The summed E-state index contributed by atoms with van der Waals surface area (Å²) in [7, 11) is 0. The van der Waals surface area contributed by atoms with Crippen molar-refractivity contribution in [3.05, 3.63) is 62.6 Å². The van der Waals surface area contributed by atoms with Gasteiger partial charge in [0.2, 0.25) is 0 Å². The summed E-state index contributed by atoms with van der Waals surface area (Å²) in [6.45, 7) is -0.694. The monoisotopic (exact) mass is 396 g/mol. The Kier molecular flexibility index (Phi) is 4.48. The lowest BCUT2D eigenvalue weighted by atomic mass is 9.96. The summed E-state index contributed by atoms with van der Waals surface area (Å²) in [6.07, 6.45) is 1.49. The predicted molar refractivity (Wildman–Crippen MR) is 89.4 cm³/mol. The lowest BCUT2D eigenvalue weighted by Crippen LogP contribution is -2.11. The summed E-state index contributed by atoms with van der Waals surface area (Å²) in [6, 6.07) is 6.76. The molecular weight excluding hydrogens is 387 g/mol. The first-order valence-electron chi connectivity index (χ1n) is 6.73. The van der Waals surface area contributed by atoms with Crippen molar-refractivity contribution in [3.63, 3.8) is 0 Å². The summed E-state index contributed by atoms with van der Waals surface area (Å²) in [5, 5.41) is 9.61. The second-order valence-corrected chi connectivity index (χ2v) is 6.33. The van der Waals surface area contributed by atoms with Crippen LogP contribution < -0.4 is 0 Å². The number of aliphatic hydroxyl groups excluding tert-OH is 1. The number of Topliss-reactive ketones (excluding diaryl/α,β-unsaturated/α-hetero) is 1. The Morgan fingerprint density at radius 3 is 2.87 bits per heavy atom. The van der Waals surface area contributed by atoms with Gasteiger partial charge < -0.3 is 10.1 Å². The molecule has 0 bridgehead atoms. The minimum atomic E-state index is -0.694. The van der Waals surface area contributed by atoms with Crippen molar-refractivity contribution >= 4 is 44.3 Å². The fourth-order valence-electron chi connectivity index (χ4n) is 2.44. The zero-order valence-corrected chi connectivity index (χ0v) is 14.1. The van der Waals surface area contributed by atoms with E-state index < -0.39 is 18.2 Å². The molecule has 0 radical (unpaired) electrons. The zero-order valence-electron chi connectivity index (χ0n) is 11.7. The van der Waals surface area contributed by atoms with E-state index in [1.165, 1.54) is 12.4 Å². The van der Waals surface area contributed by atoms with Crippen LogP contribution in [-0.2, 0) is 6.42 Å². The van der Waals surface area contributed by atoms with E-state index in [4.69, 9.17) is 16.7 Å². The van der Waals surface area contributed by atoms with Gasteiger partial charge in [0, 0.05) is 27.0 Å². The van der Waals surface area contributed by atoms with Gasteiger partial charge in [0.05, 0.1) is 11.8 Å². The molecule has 3 rings (SSSR count). The largest absolute Gasteiger partial charge is 0.388 e. The average molecular weight is 398 g/mol. The molecule has 118 valence electrons. The van der Waals surface area contributed by atoms with E-state index in [1.807, 2.05) is 0 Å². The number of aromatic amines is 1. The number of imidazole rings is 1. The van der Waals surface area contributed by atoms with Crippen LogP contribution in [0.15, 0.2) is 35.1 Å². The smallest absolute Gasteiger partial charge is 0.188 e. The molecule has 2 N–H and O–H groups in total. The summed E-state index contributed by atoms with van der Waals surface area (Å²) in [5.74, 6) is -1.14. The maximum absolute atomic E-state index is 14.8.